The molecule has 0 amide bonds. The Kier molecular flexibility index (Phi) is 2.63. The average molecular weight is 238 g/mol. The van der Waals surface area contributed by atoms with Crippen molar-refractivity contribution in [3.63, 3.8) is 0 Å². The fraction of sp³-hybridized carbons (Fsp3) is 0.188. The van der Waals surface area contributed by atoms with Gasteiger partial charge in [-0.3, -0.25) is 4.98 Å². The fourth-order valence-corrected chi connectivity index (χ4v) is 2.19. The number of H-pyrrole nitrogens is 1. The minimum atomic E-state index is 0. The third-order valence-corrected chi connectivity index (χ3v) is 3.28. The maximum absolute atomic E-state index is 4.16. The van der Waals surface area contributed by atoms with Gasteiger partial charge < -0.3 is 4.98 Å². The van der Waals surface area contributed by atoms with Crippen molar-refractivity contribution in [2.45, 2.75) is 19.8 Å². The lowest BCUT2D eigenvalue weighted by Crippen LogP contribution is -1.85. The second kappa shape index (κ2) is 4.30. The summed E-state index contributed by atoms with van der Waals surface area (Å²) in [6.07, 6.45) is 3.68. The maximum Gasteiger partial charge on any atom is 0.0480 e. The van der Waals surface area contributed by atoms with E-state index in [9.17, 15) is 0 Å². The number of hydrogen-bond donors (Lipinski definition) is 1. The summed E-state index contributed by atoms with van der Waals surface area (Å²) in [6.45, 7) is 4.44. The van der Waals surface area contributed by atoms with Crippen molar-refractivity contribution in [1.82, 2.24) is 9.97 Å². The van der Waals surface area contributed by atoms with E-state index in [-0.39, 0.29) is 1.43 Å². The molecule has 0 aliphatic heterocycles. The number of pyridine rings is 1. The zero-order valence-electron chi connectivity index (χ0n) is 10.6. The Morgan fingerprint density at radius 1 is 1.17 bits per heavy atom. The highest BCUT2D eigenvalue weighted by Gasteiger charge is 2.05. The smallest absolute Gasteiger partial charge is 0.0480 e. The Morgan fingerprint density at radius 2 is 2.06 bits per heavy atom. The van der Waals surface area contributed by atoms with E-state index >= 15 is 0 Å². The van der Waals surface area contributed by atoms with Crippen molar-refractivity contribution in [3.8, 4) is 11.3 Å². The van der Waals surface area contributed by atoms with Crippen molar-refractivity contribution in [3.05, 3.63) is 54.4 Å². The summed E-state index contributed by atoms with van der Waals surface area (Å²) in [5, 5.41) is 1.26. The normalized spacial score (nSPS) is 11.3. The summed E-state index contributed by atoms with van der Waals surface area (Å²) >= 11 is 0. The van der Waals surface area contributed by atoms with Gasteiger partial charge in [-0.05, 0) is 41.8 Å². The van der Waals surface area contributed by atoms with Crippen LogP contribution in [0, 0.1) is 0 Å². The Bertz CT molecular complexity index is 672. The van der Waals surface area contributed by atoms with E-state index in [2.05, 4.69) is 54.1 Å². The topological polar surface area (TPSA) is 28.7 Å². The second-order valence-electron chi connectivity index (χ2n) is 4.93. The summed E-state index contributed by atoms with van der Waals surface area (Å²) in [7, 11) is 0. The van der Waals surface area contributed by atoms with Crippen LogP contribution in [0.1, 0.15) is 26.8 Å². The fourth-order valence-electron chi connectivity index (χ4n) is 2.19. The lowest BCUT2D eigenvalue weighted by Gasteiger charge is -2.03. The largest absolute Gasteiger partial charge is 0.354 e. The van der Waals surface area contributed by atoms with Crippen LogP contribution < -0.4 is 0 Å². The maximum atomic E-state index is 4.16. The third kappa shape index (κ3) is 1.90. The highest BCUT2D eigenvalue weighted by Crippen LogP contribution is 2.26. The molecule has 0 saturated carbocycles. The number of aromatic amines is 1. The van der Waals surface area contributed by atoms with Gasteiger partial charge in [-0.15, -0.1) is 0 Å². The summed E-state index contributed by atoms with van der Waals surface area (Å²) in [4.78, 5) is 7.60. The molecule has 0 saturated heterocycles. The molecule has 0 unspecified atom stereocenters. The van der Waals surface area contributed by atoms with E-state index in [0.29, 0.717) is 5.92 Å². The van der Waals surface area contributed by atoms with E-state index in [0.717, 1.165) is 11.3 Å². The molecule has 0 radical (unpaired) electrons. The number of benzene rings is 1. The minimum Gasteiger partial charge on any atom is -0.354 e. The van der Waals surface area contributed by atoms with Crippen LogP contribution in [-0.2, 0) is 0 Å². The van der Waals surface area contributed by atoms with Crippen molar-refractivity contribution in [2.24, 2.45) is 0 Å². The monoisotopic (exact) mass is 238 g/mol. The lowest BCUT2D eigenvalue weighted by atomic mass is 10.0. The lowest BCUT2D eigenvalue weighted by molar-refractivity contribution is 0.869. The Morgan fingerprint density at radius 3 is 2.78 bits per heavy atom. The summed E-state index contributed by atoms with van der Waals surface area (Å²) < 4.78 is 0. The van der Waals surface area contributed by atoms with Crippen LogP contribution in [0.3, 0.4) is 0 Å². The van der Waals surface area contributed by atoms with Crippen LogP contribution in [0.4, 0.5) is 0 Å². The first kappa shape index (κ1) is 11.0. The number of nitrogens with one attached hydrogen (secondary N) is 1. The van der Waals surface area contributed by atoms with Crippen molar-refractivity contribution in [1.29, 1.82) is 0 Å². The van der Waals surface area contributed by atoms with E-state index in [4.69, 9.17) is 0 Å². The first-order chi connectivity index (χ1) is 8.74. The van der Waals surface area contributed by atoms with Crippen LogP contribution in [0.5, 0.6) is 0 Å². The Hall–Kier alpha value is -2.09. The molecule has 92 valence electrons. The molecule has 1 N–H and O–H groups in total. The van der Waals surface area contributed by atoms with Gasteiger partial charge in [0.1, 0.15) is 0 Å². The first-order valence-corrected chi connectivity index (χ1v) is 6.27. The van der Waals surface area contributed by atoms with E-state index < -0.39 is 0 Å². The number of aromatic nitrogens is 2. The van der Waals surface area contributed by atoms with Crippen LogP contribution in [0.2, 0.25) is 0 Å². The Labute approximate surface area is 108 Å². The van der Waals surface area contributed by atoms with Gasteiger partial charge in [0.05, 0.1) is 0 Å². The second-order valence-corrected chi connectivity index (χ2v) is 4.93. The van der Waals surface area contributed by atoms with Crippen LogP contribution in [0.25, 0.3) is 22.2 Å². The molecular weight excluding hydrogens is 220 g/mol. The van der Waals surface area contributed by atoms with E-state index in [1.165, 1.54) is 16.5 Å². The highest BCUT2D eigenvalue weighted by atomic mass is 14.7. The highest BCUT2D eigenvalue weighted by molar-refractivity contribution is 5.86. The molecular formula is C16H18N2. The van der Waals surface area contributed by atoms with Gasteiger partial charge in [-0.1, -0.05) is 19.9 Å². The molecule has 3 aromatic rings. The summed E-state index contributed by atoms with van der Waals surface area (Å²) in [6, 6.07) is 12.8. The predicted molar refractivity (Wildman–Crippen MR) is 77.7 cm³/mol. The van der Waals surface area contributed by atoms with Gasteiger partial charge in [0.15, 0.2) is 0 Å². The molecule has 0 aliphatic carbocycles. The molecule has 2 heteroatoms. The minimum absolute atomic E-state index is 0. The number of rotatable bonds is 2. The van der Waals surface area contributed by atoms with Gasteiger partial charge in [-0.25, -0.2) is 0 Å². The number of nitrogens with zero attached hydrogens (tertiary/aromatic N) is 1. The van der Waals surface area contributed by atoms with Crippen LogP contribution >= 0.6 is 0 Å². The van der Waals surface area contributed by atoms with Crippen molar-refractivity contribution >= 4 is 10.9 Å². The van der Waals surface area contributed by atoms with Gasteiger partial charge >= 0.3 is 0 Å². The van der Waals surface area contributed by atoms with Gasteiger partial charge in [0, 0.05) is 36.0 Å². The number of fused-ring (bicyclic) bond motifs is 1. The molecule has 2 aromatic heterocycles. The average Bonchev–Trinajstić information content (AvgIpc) is 2.82. The van der Waals surface area contributed by atoms with Crippen molar-refractivity contribution in [2.75, 3.05) is 0 Å². The molecule has 2 nitrogen and oxygen atoms in total. The molecule has 3 rings (SSSR count). The van der Waals surface area contributed by atoms with Gasteiger partial charge in [0.2, 0.25) is 0 Å². The quantitative estimate of drug-likeness (QED) is 0.694. The predicted octanol–water partition coefficient (Wildman–Crippen LogP) is 4.60. The molecule has 2 heterocycles. The molecule has 1 aromatic carbocycles. The SMILES string of the molecule is CC(C)c1ccc2[nH]c(-c3cccnc3)cc2c1.[HH]. The summed E-state index contributed by atoms with van der Waals surface area (Å²) in [5.74, 6) is 0.561. The van der Waals surface area contributed by atoms with Gasteiger partial charge in [0.25, 0.3) is 0 Å². The van der Waals surface area contributed by atoms with Gasteiger partial charge in [-0.2, -0.15) is 0 Å². The van der Waals surface area contributed by atoms with Crippen molar-refractivity contribution < 1.29 is 1.43 Å². The standard InChI is InChI=1S/C16H16N2.H2/c1-11(2)12-5-6-15-14(8-12)9-16(18-15)13-4-3-7-17-10-13;/h3-11,18H,1-2H3;1H. The zero-order chi connectivity index (χ0) is 12.5. The molecule has 18 heavy (non-hydrogen) atoms. The third-order valence-electron chi connectivity index (χ3n) is 3.28. The van der Waals surface area contributed by atoms with Crippen LogP contribution in [-0.4, -0.2) is 9.97 Å². The number of hydrogen-bond acceptors (Lipinski definition) is 1. The molecule has 0 atom stereocenters. The molecule has 0 fully saturated rings. The summed E-state index contributed by atoms with van der Waals surface area (Å²) in [5.41, 5.74) is 4.80. The molecule has 0 aliphatic rings. The first-order valence-electron chi connectivity index (χ1n) is 6.27. The zero-order valence-corrected chi connectivity index (χ0v) is 10.6. The molecule has 0 bridgehead atoms. The molecule has 0 spiro atoms. The Balaban J connectivity index is 0.00000133. The van der Waals surface area contributed by atoms with E-state index in [1.807, 2.05) is 12.3 Å². The van der Waals surface area contributed by atoms with Crippen LogP contribution in [0.15, 0.2) is 48.8 Å². The van der Waals surface area contributed by atoms with E-state index in [1.54, 1.807) is 6.20 Å².